The molecule has 1 aromatic rings. The van der Waals surface area contributed by atoms with Crippen molar-refractivity contribution in [2.75, 3.05) is 7.11 Å². The first-order valence-corrected chi connectivity index (χ1v) is 4.36. The van der Waals surface area contributed by atoms with E-state index in [2.05, 4.69) is 5.92 Å². The van der Waals surface area contributed by atoms with E-state index >= 15 is 0 Å². The van der Waals surface area contributed by atoms with Gasteiger partial charge in [-0.15, -0.1) is 6.42 Å². The van der Waals surface area contributed by atoms with Crippen LogP contribution in [-0.4, -0.2) is 12.2 Å². The summed E-state index contributed by atoms with van der Waals surface area (Å²) < 4.78 is 4.98. The number of hydrogen-bond acceptors (Lipinski definition) is 2. The number of rotatable bonds is 2. The lowest BCUT2D eigenvalue weighted by molar-refractivity contribution is 0.404. The standard InChI is InChI=1S/C12H14O2/c1-5-12(2,3)10-7-6-9(14-4)8-11(10)13/h1,6-8,13H,2-4H3. The third kappa shape index (κ3) is 1.82. The molecule has 14 heavy (non-hydrogen) atoms. The summed E-state index contributed by atoms with van der Waals surface area (Å²) in [6.45, 7) is 3.77. The Hall–Kier alpha value is -1.62. The second-order valence-electron chi connectivity index (χ2n) is 3.65. The number of terminal acetylenes is 1. The number of hydrogen-bond donors (Lipinski definition) is 1. The second-order valence-corrected chi connectivity index (χ2v) is 3.65. The molecular weight excluding hydrogens is 176 g/mol. The molecule has 0 saturated heterocycles. The Kier molecular flexibility index (Phi) is 2.71. The van der Waals surface area contributed by atoms with Crippen LogP contribution in [0, 0.1) is 12.3 Å². The zero-order valence-corrected chi connectivity index (χ0v) is 8.66. The number of methoxy groups -OCH3 is 1. The highest BCUT2D eigenvalue weighted by molar-refractivity contribution is 5.46. The smallest absolute Gasteiger partial charge is 0.123 e. The van der Waals surface area contributed by atoms with Gasteiger partial charge in [-0.1, -0.05) is 12.0 Å². The van der Waals surface area contributed by atoms with Gasteiger partial charge in [-0.2, -0.15) is 0 Å². The van der Waals surface area contributed by atoms with Crippen LogP contribution in [0.2, 0.25) is 0 Å². The fraction of sp³-hybridized carbons (Fsp3) is 0.333. The molecule has 0 radical (unpaired) electrons. The van der Waals surface area contributed by atoms with E-state index in [9.17, 15) is 5.11 Å². The van der Waals surface area contributed by atoms with Crippen LogP contribution >= 0.6 is 0 Å². The minimum atomic E-state index is -0.462. The van der Waals surface area contributed by atoms with Crippen LogP contribution in [0.4, 0.5) is 0 Å². The molecule has 0 fully saturated rings. The van der Waals surface area contributed by atoms with Gasteiger partial charge < -0.3 is 9.84 Å². The van der Waals surface area contributed by atoms with Gasteiger partial charge in [0.15, 0.2) is 0 Å². The van der Waals surface area contributed by atoms with Crippen LogP contribution in [0.25, 0.3) is 0 Å². The Morgan fingerprint density at radius 2 is 2.07 bits per heavy atom. The maximum atomic E-state index is 9.71. The largest absolute Gasteiger partial charge is 0.507 e. The first-order chi connectivity index (χ1) is 6.51. The molecule has 2 nitrogen and oxygen atoms in total. The van der Waals surface area contributed by atoms with Crippen LogP contribution in [0.3, 0.4) is 0 Å². The quantitative estimate of drug-likeness (QED) is 0.725. The molecular formula is C12H14O2. The highest BCUT2D eigenvalue weighted by Crippen LogP contribution is 2.32. The van der Waals surface area contributed by atoms with E-state index in [4.69, 9.17) is 11.2 Å². The molecule has 1 rings (SSSR count). The third-order valence-electron chi connectivity index (χ3n) is 2.24. The van der Waals surface area contributed by atoms with E-state index in [-0.39, 0.29) is 5.75 Å². The molecule has 0 heterocycles. The summed E-state index contributed by atoms with van der Waals surface area (Å²) in [5.41, 5.74) is 0.275. The Morgan fingerprint density at radius 3 is 2.50 bits per heavy atom. The molecule has 2 heteroatoms. The molecule has 74 valence electrons. The van der Waals surface area contributed by atoms with Crippen LogP contribution < -0.4 is 4.74 Å². The van der Waals surface area contributed by atoms with Crippen molar-refractivity contribution in [1.82, 2.24) is 0 Å². The third-order valence-corrected chi connectivity index (χ3v) is 2.24. The molecule has 0 aromatic heterocycles. The summed E-state index contributed by atoms with van der Waals surface area (Å²) in [4.78, 5) is 0. The van der Waals surface area contributed by atoms with Gasteiger partial charge in [-0.05, 0) is 19.9 Å². The molecule has 0 saturated carbocycles. The van der Waals surface area contributed by atoms with Crippen molar-refractivity contribution in [1.29, 1.82) is 0 Å². The summed E-state index contributed by atoms with van der Waals surface area (Å²) in [6, 6.07) is 5.14. The number of phenolic OH excluding ortho intramolecular Hbond substituents is 1. The molecule has 0 spiro atoms. The molecule has 0 atom stereocenters. The predicted molar refractivity (Wildman–Crippen MR) is 56.5 cm³/mol. The van der Waals surface area contributed by atoms with E-state index in [1.54, 1.807) is 25.3 Å². The van der Waals surface area contributed by atoms with Crippen molar-refractivity contribution < 1.29 is 9.84 Å². The fourth-order valence-corrected chi connectivity index (χ4v) is 1.24. The Morgan fingerprint density at radius 1 is 1.43 bits per heavy atom. The number of phenols is 1. The minimum Gasteiger partial charge on any atom is -0.507 e. The fourth-order valence-electron chi connectivity index (χ4n) is 1.24. The average molecular weight is 190 g/mol. The Balaban J connectivity index is 3.20. The van der Waals surface area contributed by atoms with Crippen molar-refractivity contribution in [3.05, 3.63) is 23.8 Å². The minimum absolute atomic E-state index is 0.173. The van der Waals surface area contributed by atoms with Crippen LogP contribution in [0.5, 0.6) is 11.5 Å². The van der Waals surface area contributed by atoms with Crippen molar-refractivity contribution in [3.63, 3.8) is 0 Å². The van der Waals surface area contributed by atoms with Gasteiger partial charge in [0, 0.05) is 11.6 Å². The number of ether oxygens (including phenoxy) is 1. The topological polar surface area (TPSA) is 29.5 Å². The van der Waals surface area contributed by atoms with E-state index in [1.807, 2.05) is 13.8 Å². The Bertz CT molecular complexity index is 372. The monoisotopic (exact) mass is 190 g/mol. The van der Waals surface area contributed by atoms with Crippen molar-refractivity contribution in [2.24, 2.45) is 0 Å². The van der Waals surface area contributed by atoms with Gasteiger partial charge in [0.2, 0.25) is 0 Å². The Labute approximate surface area is 84.5 Å². The molecule has 1 N–H and O–H groups in total. The predicted octanol–water partition coefficient (Wildman–Crippen LogP) is 2.31. The number of benzene rings is 1. The first kappa shape index (κ1) is 10.5. The summed E-state index contributed by atoms with van der Waals surface area (Å²) in [7, 11) is 1.56. The van der Waals surface area contributed by atoms with Crippen molar-refractivity contribution in [2.45, 2.75) is 19.3 Å². The molecule has 0 aliphatic carbocycles. The summed E-state index contributed by atoms with van der Waals surface area (Å²) >= 11 is 0. The molecule has 0 unspecified atom stereocenters. The zero-order valence-electron chi connectivity index (χ0n) is 8.66. The zero-order chi connectivity index (χ0) is 10.8. The summed E-state index contributed by atoms with van der Waals surface area (Å²) in [5.74, 6) is 3.43. The van der Waals surface area contributed by atoms with Crippen LogP contribution in [0.1, 0.15) is 19.4 Å². The first-order valence-electron chi connectivity index (χ1n) is 4.36. The van der Waals surface area contributed by atoms with Crippen molar-refractivity contribution in [3.8, 4) is 23.8 Å². The maximum absolute atomic E-state index is 9.71. The second kappa shape index (κ2) is 3.63. The molecule has 0 bridgehead atoms. The van der Waals surface area contributed by atoms with Gasteiger partial charge in [0.05, 0.1) is 12.5 Å². The maximum Gasteiger partial charge on any atom is 0.123 e. The lowest BCUT2D eigenvalue weighted by Crippen LogP contribution is -2.13. The molecule has 1 aromatic carbocycles. The van der Waals surface area contributed by atoms with E-state index in [0.717, 1.165) is 5.56 Å². The summed E-state index contributed by atoms with van der Waals surface area (Å²) in [5, 5.41) is 9.71. The van der Waals surface area contributed by atoms with E-state index < -0.39 is 5.41 Å². The average Bonchev–Trinajstić information content (AvgIpc) is 2.17. The highest BCUT2D eigenvalue weighted by Gasteiger charge is 2.21. The van der Waals surface area contributed by atoms with Crippen molar-refractivity contribution >= 4 is 0 Å². The van der Waals surface area contributed by atoms with Gasteiger partial charge in [-0.3, -0.25) is 0 Å². The molecule has 0 aliphatic rings. The van der Waals surface area contributed by atoms with Gasteiger partial charge >= 0.3 is 0 Å². The van der Waals surface area contributed by atoms with Gasteiger partial charge in [-0.25, -0.2) is 0 Å². The normalized spacial score (nSPS) is 10.7. The molecule has 0 amide bonds. The van der Waals surface area contributed by atoms with E-state index in [1.165, 1.54) is 0 Å². The summed E-state index contributed by atoms with van der Waals surface area (Å²) in [6.07, 6.45) is 5.39. The van der Waals surface area contributed by atoms with Crippen LogP contribution in [-0.2, 0) is 5.41 Å². The van der Waals surface area contributed by atoms with E-state index in [0.29, 0.717) is 5.75 Å². The highest BCUT2D eigenvalue weighted by atomic mass is 16.5. The lowest BCUT2D eigenvalue weighted by Gasteiger charge is -2.19. The SMILES string of the molecule is C#CC(C)(C)c1ccc(OC)cc1O. The molecule has 0 aliphatic heterocycles. The number of aromatic hydroxyl groups is 1. The van der Waals surface area contributed by atoms with Gasteiger partial charge in [0.25, 0.3) is 0 Å². The van der Waals surface area contributed by atoms with Crippen LogP contribution in [0.15, 0.2) is 18.2 Å². The van der Waals surface area contributed by atoms with Gasteiger partial charge in [0.1, 0.15) is 11.5 Å². The lowest BCUT2D eigenvalue weighted by atomic mass is 9.85.